The molecule has 1 aliphatic heterocycles. The molecule has 0 aliphatic carbocycles. The fourth-order valence-electron chi connectivity index (χ4n) is 3.46. The molecule has 0 saturated carbocycles. The van der Waals surface area contributed by atoms with Crippen LogP contribution in [0.5, 0.6) is 0 Å². The predicted octanol–water partition coefficient (Wildman–Crippen LogP) is 2.76. The summed E-state index contributed by atoms with van der Waals surface area (Å²) in [6.45, 7) is 4.85. The van der Waals surface area contributed by atoms with Gasteiger partial charge in [0.2, 0.25) is 10.0 Å². The second-order valence-corrected chi connectivity index (χ2v) is 9.16. The molecule has 0 spiro atoms. The first-order valence-corrected chi connectivity index (χ1v) is 11.0. The fraction of sp³-hybridized carbons (Fsp3) is 0.381. The van der Waals surface area contributed by atoms with Gasteiger partial charge in [0.05, 0.1) is 4.90 Å². The highest BCUT2D eigenvalue weighted by molar-refractivity contribution is 7.89. The maximum Gasteiger partial charge on any atom is 0.251 e. The number of nitrogens with zero attached hydrogens (tertiary/aromatic N) is 1. The van der Waals surface area contributed by atoms with Crippen LogP contribution in [-0.2, 0) is 16.6 Å². The Hall–Kier alpha value is -2.38. The van der Waals surface area contributed by atoms with Gasteiger partial charge >= 0.3 is 0 Å². The molecule has 0 radical (unpaired) electrons. The number of hydrogen-bond acceptors (Lipinski definition) is 4. The molecule has 1 amide bonds. The van der Waals surface area contributed by atoms with Crippen LogP contribution >= 0.6 is 0 Å². The number of amides is 1. The van der Waals surface area contributed by atoms with Gasteiger partial charge in [0.1, 0.15) is 0 Å². The molecule has 2 aromatic rings. The van der Waals surface area contributed by atoms with Crippen LogP contribution in [0.1, 0.15) is 35.7 Å². The minimum Gasteiger partial charge on any atom is -0.371 e. The van der Waals surface area contributed by atoms with Crippen molar-refractivity contribution in [2.24, 2.45) is 5.92 Å². The van der Waals surface area contributed by atoms with Crippen LogP contribution in [0.4, 0.5) is 5.69 Å². The summed E-state index contributed by atoms with van der Waals surface area (Å²) in [7, 11) is -2.23. The van der Waals surface area contributed by atoms with Crippen LogP contribution in [0.2, 0.25) is 0 Å². The Morgan fingerprint density at radius 3 is 2.61 bits per heavy atom. The van der Waals surface area contributed by atoms with Gasteiger partial charge in [-0.1, -0.05) is 25.1 Å². The molecule has 1 aliphatic rings. The second-order valence-electron chi connectivity index (χ2n) is 7.28. The number of carbonyl (C=O) groups excluding carboxylic acids is 1. The fourth-order valence-corrected chi connectivity index (χ4v) is 4.23. The molecule has 0 bridgehead atoms. The van der Waals surface area contributed by atoms with Gasteiger partial charge < -0.3 is 10.2 Å². The van der Waals surface area contributed by atoms with Crippen molar-refractivity contribution in [2.75, 3.05) is 25.0 Å². The van der Waals surface area contributed by atoms with Gasteiger partial charge in [-0.15, -0.1) is 0 Å². The Morgan fingerprint density at radius 2 is 1.93 bits per heavy atom. The number of nitrogens with one attached hydrogen (secondary N) is 2. The van der Waals surface area contributed by atoms with Crippen molar-refractivity contribution in [3.05, 3.63) is 59.7 Å². The van der Waals surface area contributed by atoms with E-state index in [1.165, 1.54) is 37.7 Å². The molecule has 150 valence electrons. The molecule has 6 nitrogen and oxygen atoms in total. The number of rotatable bonds is 6. The molecule has 0 aromatic heterocycles. The first-order chi connectivity index (χ1) is 13.4. The van der Waals surface area contributed by atoms with Crippen LogP contribution in [0.25, 0.3) is 0 Å². The van der Waals surface area contributed by atoms with Crippen molar-refractivity contribution in [3.8, 4) is 0 Å². The Balaban J connectivity index is 1.61. The van der Waals surface area contributed by atoms with Crippen LogP contribution in [0.15, 0.2) is 53.4 Å². The van der Waals surface area contributed by atoms with Crippen LogP contribution in [0.3, 0.4) is 0 Å². The summed E-state index contributed by atoms with van der Waals surface area (Å²) in [6, 6.07) is 14.2. The van der Waals surface area contributed by atoms with Crippen molar-refractivity contribution in [2.45, 2.75) is 31.2 Å². The quantitative estimate of drug-likeness (QED) is 0.780. The summed E-state index contributed by atoms with van der Waals surface area (Å²) in [5.74, 6) is 0.414. The molecule has 2 N–H and O–H groups in total. The number of piperidine rings is 1. The summed E-state index contributed by atoms with van der Waals surface area (Å²) < 4.78 is 26.0. The lowest BCUT2D eigenvalue weighted by Crippen LogP contribution is -2.34. The summed E-state index contributed by atoms with van der Waals surface area (Å²) in [6.07, 6.45) is 2.51. The van der Waals surface area contributed by atoms with E-state index < -0.39 is 10.0 Å². The maximum absolute atomic E-state index is 12.4. The van der Waals surface area contributed by atoms with Gasteiger partial charge in [0.25, 0.3) is 5.91 Å². The van der Waals surface area contributed by atoms with Gasteiger partial charge in [-0.3, -0.25) is 4.79 Å². The molecular weight excluding hydrogens is 374 g/mol. The largest absolute Gasteiger partial charge is 0.371 e. The molecule has 28 heavy (non-hydrogen) atoms. The highest BCUT2D eigenvalue weighted by Gasteiger charge is 2.17. The Kier molecular flexibility index (Phi) is 6.36. The van der Waals surface area contributed by atoms with Gasteiger partial charge in [-0.05, 0) is 61.7 Å². The number of benzene rings is 2. The average molecular weight is 402 g/mol. The lowest BCUT2D eigenvalue weighted by atomic mass is 9.99. The van der Waals surface area contributed by atoms with Gasteiger partial charge in [0, 0.05) is 30.9 Å². The van der Waals surface area contributed by atoms with Crippen molar-refractivity contribution >= 4 is 21.6 Å². The van der Waals surface area contributed by atoms with Crippen LogP contribution < -0.4 is 14.9 Å². The first-order valence-electron chi connectivity index (χ1n) is 9.55. The number of sulfonamides is 1. The standard InChI is InChI=1S/C21H27N3O3S/c1-16-5-4-12-24(15-16)19-10-8-17(9-11-19)14-23-21(25)18-6-3-7-20(13-18)28(26,27)22-2/h3,6-11,13,16,22H,4-5,12,14-15H2,1-2H3,(H,23,25)/t16-/m1/s1. The minimum atomic E-state index is -3.58. The van der Waals surface area contributed by atoms with E-state index in [0.29, 0.717) is 12.1 Å². The maximum atomic E-state index is 12.4. The number of hydrogen-bond donors (Lipinski definition) is 2. The smallest absolute Gasteiger partial charge is 0.251 e. The molecule has 1 atom stereocenters. The monoisotopic (exact) mass is 401 g/mol. The molecule has 1 fully saturated rings. The molecule has 2 aromatic carbocycles. The van der Waals surface area contributed by atoms with E-state index in [1.807, 2.05) is 12.1 Å². The number of carbonyl (C=O) groups is 1. The second kappa shape index (κ2) is 8.75. The van der Waals surface area contributed by atoms with E-state index in [0.717, 1.165) is 24.6 Å². The zero-order valence-corrected chi connectivity index (χ0v) is 17.1. The van der Waals surface area contributed by atoms with Crippen LogP contribution in [0, 0.1) is 5.92 Å². The van der Waals surface area contributed by atoms with Gasteiger partial charge in [-0.2, -0.15) is 0 Å². The van der Waals surface area contributed by atoms with Crippen molar-refractivity contribution in [1.82, 2.24) is 10.0 Å². The summed E-state index contributed by atoms with van der Waals surface area (Å²) in [5.41, 5.74) is 2.53. The molecule has 1 saturated heterocycles. The van der Waals surface area contributed by atoms with E-state index in [9.17, 15) is 13.2 Å². The molecule has 7 heteroatoms. The van der Waals surface area contributed by atoms with E-state index in [1.54, 1.807) is 12.1 Å². The zero-order valence-electron chi connectivity index (χ0n) is 16.3. The normalized spacial score (nSPS) is 17.4. The van der Waals surface area contributed by atoms with E-state index in [-0.39, 0.29) is 10.8 Å². The van der Waals surface area contributed by atoms with E-state index >= 15 is 0 Å². The average Bonchev–Trinajstić information content (AvgIpc) is 2.72. The lowest BCUT2D eigenvalue weighted by molar-refractivity contribution is 0.0950. The topological polar surface area (TPSA) is 78.5 Å². The summed E-state index contributed by atoms with van der Waals surface area (Å²) in [5, 5.41) is 2.85. The summed E-state index contributed by atoms with van der Waals surface area (Å²) >= 11 is 0. The Labute approximate surface area is 167 Å². The molecule has 0 unspecified atom stereocenters. The highest BCUT2D eigenvalue weighted by atomic mass is 32.2. The lowest BCUT2D eigenvalue weighted by Gasteiger charge is -2.32. The van der Waals surface area contributed by atoms with Crippen LogP contribution in [-0.4, -0.2) is 34.5 Å². The Bertz CT molecular complexity index is 926. The van der Waals surface area contributed by atoms with Gasteiger partial charge in [0.15, 0.2) is 0 Å². The van der Waals surface area contributed by atoms with Crippen molar-refractivity contribution < 1.29 is 13.2 Å². The first kappa shape index (κ1) is 20.4. The zero-order chi connectivity index (χ0) is 20.1. The van der Waals surface area contributed by atoms with Gasteiger partial charge in [-0.25, -0.2) is 13.1 Å². The van der Waals surface area contributed by atoms with Crippen molar-refractivity contribution in [1.29, 1.82) is 0 Å². The third-order valence-corrected chi connectivity index (χ3v) is 6.50. The summed E-state index contributed by atoms with van der Waals surface area (Å²) in [4.78, 5) is 14.9. The molecular formula is C21H27N3O3S. The minimum absolute atomic E-state index is 0.0720. The SMILES string of the molecule is CNS(=O)(=O)c1cccc(C(=O)NCc2ccc(N3CCC[C@@H](C)C3)cc2)c1. The highest BCUT2D eigenvalue weighted by Crippen LogP contribution is 2.23. The van der Waals surface area contributed by atoms with E-state index in [4.69, 9.17) is 0 Å². The molecule has 3 rings (SSSR count). The van der Waals surface area contributed by atoms with Crippen molar-refractivity contribution in [3.63, 3.8) is 0 Å². The predicted molar refractivity (Wildman–Crippen MR) is 111 cm³/mol. The number of anilines is 1. The Morgan fingerprint density at radius 1 is 1.18 bits per heavy atom. The molecule has 1 heterocycles. The third kappa shape index (κ3) is 4.91. The van der Waals surface area contributed by atoms with E-state index in [2.05, 4.69) is 34.0 Å². The third-order valence-electron chi connectivity index (χ3n) is 5.09.